The monoisotopic (exact) mass is 187 g/mol. The molecule has 0 aliphatic heterocycles. The number of thiazole rings is 1. The molecule has 1 nitrogen and oxygen atoms in total. The highest BCUT2D eigenvalue weighted by Crippen LogP contribution is 2.16. The molecule has 0 amide bonds. The molecular weight excluding hydrogens is 186 g/mol. The lowest BCUT2D eigenvalue weighted by Crippen LogP contribution is -1.54. The zero-order chi connectivity index (χ0) is 5.98. The van der Waals surface area contributed by atoms with Gasteiger partial charge in [0.1, 0.15) is 0 Å². The minimum Gasteiger partial charge on any atom is -0.236 e. The molecule has 1 heterocycles. The highest BCUT2D eigenvalue weighted by atomic mass is 79.9. The van der Waals surface area contributed by atoms with Crippen LogP contribution in [0, 0.1) is 12.3 Å². The van der Waals surface area contributed by atoms with E-state index in [4.69, 9.17) is 6.42 Å². The van der Waals surface area contributed by atoms with Gasteiger partial charge in [0.25, 0.3) is 0 Å². The lowest BCUT2D eigenvalue weighted by molar-refractivity contribution is 1.38. The van der Waals surface area contributed by atoms with Crippen molar-refractivity contribution in [3.63, 3.8) is 0 Å². The molecule has 1 aromatic rings. The fourth-order valence-corrected chi connectivity index (χ4v) is 1.40. The number of hydrogen-bond acceptors (Lipinski definition) is 2. The van der Waals surface area contributed by atoms with Crippen molar-refractivity contribution >= 4 is 27.3 Å². The van der Waals surface area contributed by atoms with E-state index in [-0.39, 0.29) is 0 Å². The number of aromatic nitrogens is 1. The van der Waals surface area contributed by atoms with Crippen LogP contribution in [0.1, 0.15) is 4.88 Å². The van der Waals surface area contributed by atoms with Gasteiger partial charge in [-0.05, 0) is 15.9 Å². The fraction of sp³-hybridized carbons (Fsp3) is 0. The van der Waals surface area contributed by atoms with Crippen LogP contribution < -0.4 is 0 Å². The molecule has 0 aliphatic rings. The van der Waals surface area contributed by atoms with Crippen LogP contribution >= 0.6 is 27.3 Å². The maximum Gasteiger partial charge on any atom is 0.160 e. The molecule has 0 bridgehead atoms. The molecule has 0 radical (unpaired) electrons. The number of halogens is 1. The predicted octanol–water partition coefficient (Wildman–Crippen LogP) is 1.89. The third kappa shape index (κ3) is 1.09. The van der Waals surface area contributed by atoms with E-state index in [1.165, 1.54) is 11.3 Å². The summed E-state index contributed by atoms with van der Waals surface area (Å²) in [6, 6.07) is 0. The Morgan fingerprint density at radius 3 is 2.88 bits per heavy atom. The summed E-state index contributed by atoms with van der Waals surface area (Å²) in [4.78, 5) is 4.74. The van der Waals surface area contributed by atoms with Crippen LogP contribution in [0.15, 0.2) is 10.1 Å². The molecule has 0 unspecified atom stereocenters. The molecule has 0 spiro atoms. The van der Waals surface area contributed by atoms with E-state index in [1.807, 2.05) is 0 Å². The van der Waals surface area contributed by atoms with Crippen LogP contribution in [-0.2, 0) is 0 Å². The molecule has 3 heteroatoms. The van der Waals surface area contributed by atoms with Crippen LogP contribution in [0.25, 0.3) is 0 Å². The first-order chi connectivity index (χ1) is 3.83. The van der Waals surface area contributed by atoms with E-state index in [2.05, 4.69) is 26.8 Å². The second-order valence-corrected chi connectivity index (χ2v) is 3.43. The van der Waals surface area contributed by atoms with Crippen molar-refractivity contribution in [2.45, 2.75) is 0 Å². The van der Waals surface area contributed by atoms with Crippen LogP contribution in [0.3, 0.4) is 0 Å². The first-order valence-corrected chi connectivity index (χ1v) is 3.52. The predicted molar refractivity (Wildman–Crippen MR) is 37.7 cm³/mol. The van der Waals surface area contributed by atoms with E-state index >= 15 is 0 Å². The van der Waals surface area contributed by atoms with Gasteiger partial charge in [-0.1, -0.05) is 17.3 Å². The van der Waals surface area contributed by atoms with Gasteiger partial charge in [-0.3, -0.25) is 0 Å². The first kappa shape index (κ1) is 5.80. The number of nitrogens with zero attached hydrogens (tertiary/aromatic N) is 1. The zero-order valence-electron chi connectivity index (χ0n) is 3.89. The first-order valence-electron chi connectivity index (χ1n) is 1.91. The van der Waals surface area contributed by atoms with Crippen molar-refractivity contribution in [1.82, 2.24) is 4.98 Å². The van der Waals surface area contributed by atoms with Gasteiger partial charge in [-0.25, -0.2) is 4.98 Å². The SMILES string of the molecule is C#Cc1cnc(Br)s1. The van der Waals surface area contributed by atoms with Gasteiger partial charge < -0.3 is 0 Å². The van der Waals surface area contributed by atoms with Crippen LogP contribution in [0.2, 0.25) is 0 Å². The Morgan fingerprint density at radius 1 is 1.88 bits per heavy atom. The number of rotatable bonds is 0. The zero-order valence-corrected chi connectivity index (χ0v) is 6.29. The minimum atomic E-state index is 0.838. The van der Waals surface area contributed by atoms with E-state index in [9.17, 15) is 0 Å². The number of terminal acetylenes is 1. The second kappa shape index (κ2) is 2.29. The molecule has 0 saturated carbocycles. The van der Waals surface area contributed by atoms with Crippen LogP contribution in [0.4, 0.5) is 0 Å². The average molecular weight is 188 g/mol. The van der Waals surface area contributed by atoms with Crippen LogP contribution in [-0.4, -0.2) is 4.98 Å². The summed E-state index contributed by atoms with van der Waals surface area (Å²) < 4.78 is 0.838. The topological polar surface area (TPSA) is 12.9 Å². The molecule has 1 aromatic heterocycles. The van der Waals surface area contributed by atoms with E-state index in [0.29, 0.717) is 0 Å². The highest BCUT2D eigenvalue weighted by molar-refractivity contribution is 9.11. The smallest absolute Gasteiger partial charge is 0.160 e. The molecule has 1 rings (SSSR count). The second-order valence-electron chi connectivity index (χ2n) is 1.12. The summed E-state index contributed by atoms with van der Waals surface area (Å²) in [5.41, 5.74) is 0. The maximum atomic E-state index is 5.06. The highest BCUT2D eigenvalue weighted by Gasteiger charge is 1.91. The Hall–Kier alpha value is -0.330. The maximum absolute atomic E-state index is 5.06. The molecule has 0 atom stereocenters. The molecule has 0 saturated heterocycles. The summed E-state index contributed by atoms with van der Waals surface area (Å²) >= 11 is 4.64. The summed E-state index contributed by atoms with van der Waals surface area (Å²) in [6.45, 7) is 0. The van der Waals surface area contributed by atoms with Gasteiger partial charge >= 0.3 is 0 Å². The molecule has 0 fully saturated rings. The number of hydrogen-bond donors (Lipinski definition) is 0. The Balaban J connectivity index is 3.05. The third-order valence-corrected chi connectivity index (χ3v) is 2.03. The van der Waals surface area contributed by atoms with Crippen molar-refractivity contribution < 1.29 is 0 Å². The van der Waals surface area contributed by atoms with E-state index in [1.54, 1.807) is 6.20 Å². The van der Waals surface area contributed by atoms with Crippen LogP contribution in [0.5, 0.6) is 0 Å². The average Bonchev–Trinajstić information content (AvgIpc) is 2.14. The largest absolute Gasteiger partial charge is 0.236 e. The molecule has 0 aromatic carbocycles. The quantitative estimate of drug-likeness (QED) is 0.566. The van der Waals surface area contributed by atoms with Crippen molar-refractivity contribution in [2.75, 3.05) is 0 Å². The van der Waals surface area contributed by atoms with Gasteiger partial charge in [-0.2, -0.15) is 0 Å². The molecular formula is C5H2BrNS. The van der Waals surface area contributed by atoms with Gasteiger partial charge in [0.05, 0.1) is 11.1 Å². The molecule has 40 valence electrons. The van der Waals surface area contributed by atoms with Crippen molar-refractivity contribution in [3.05, 3.63) is 15.0 Å². The van der Waals surface area contributed by atoms with Gasteiger partial charge in [0, 0.05) is 0 Å². The lowest BCUT2D eigenvalue weighted by Gasteiger charge is -1.67. The fourth-order valence-electron chi connectivity index (χ4n) is 0.320. The van der Waals surface area contributed by atoms with Gasteiger partial charge in [0.15, 0.2) is 3.92 Å². The summed E-state index contributed by atoms with van der Waals surface area (Å²) in [5, 5.41) is 0. The van der Waals surface area contributed by atoms with Crippen molar-refractivity contribution in [3.8, 4) is 12.3 Å². The summed E-state index contributed by atoms with van der Waals surface area (Å²) in [5.74, 6) is 2.47. The summed E-state index contributed by atoms with van der Waals surface area (Å²) in [6.07, 6.45) is 6.72. The Kier molecular flexibility index (Phi) is 1.66. The Bertz CT molecular complexity index is 223. The van der Waals surface area contributed by atoms with E-state index < -0.39 is 0 Å². The van der Waals surface area contributed by atoms with Crippen molar-refractivity contribution in [1.29, 1.82) is 0 Å². The van der Waals surface area contributed by atoms with Gasteiger partial charge in [-0.15, -0.1) is 6.42 Å². The third-order valence-electron chi connectivity index (χ3n) is 0.620. The standard InChI is InChI=1S/C5H2BrNS/c1-2-4-3-7-5(6)8-4/h1,3H. The normalized spacial score (nSPS) is 8.50. The molecule has 0 N–H and O–H groups in total. The lowest BCUT2D eigenvalue weighted by atomic mass is 10.6. The summed E-state index contributed by atoms with van der Waals surface area (Å²) in [7, 11) is 0. The molecule has 0 aliphatic carbocycles. The van der Waals surface area contributed by atoms with Crippen molar-refractivity contribution in [2.24, 2.45) is 0 Å². The molecule has 8 heavy (non-hydrogen) atoms. The van der Waals surface area contributed by atoms with E-state index in [0.717, 1.165) is 8.79 Å². The Morgan fingerprint density at radius 2 is 2.62 bits per heavy atom. The van der Waals surface area contributed by atoms with Gasteiger partial charge in [0.2, 0.25) is 0 Å². The minimum absolute atomic E-state index is 0.838. The Labute approximate surface area is 59.9 Å².